The second-order valence-electron chi connectivity index (χ2n) is 4.86. The Hall–Kier alpha value is -2.13. The third-order valence-electron chi connectivity index (χ3n) is 3.66. The highest BCUT2D eigenvalue weighted by molar-refractivity contribution is 7.21. The van der Waals surface area contributed by atoms with Crippen molar-refractivity contribution in [3.63, 3.8) is 0 Å². The van der Waals surface area contributed by atoms with Gasteiger partial charge in [0, 0.05) is 22.7 Å². The lowest BCUT2D eigenvalue weighted by atomic mass is 9.99. The van der Waals surface area contributed by atoms with E-state index < -0.39 is 0 Å². The van der Waals surface area contributed by atoms with Gasteiger partial charge in [0.15, 0.2) is 0 Å². The molecule has 106 valence electrons. The van der Waals surface area contributed by atoms with E-state index in [1.165, 1.54) is 5.56 Å². The number of aliphatic imine (C=N–C) groups is 1. The maximum absolute atomic E-state index is 10.5. The lowest BCUT2D eigenvalue weighted by Crippen LogP contribution is -2.05. The quantitative estimate of drug-likeness (QED) is 0.702. The van der Waals surface area contributed by atoms with Crippen LogP contribution in [0.5, 0.6) is 5.75 Å². The molecular formula is C18H17NOS. The summed E-state index contributed by atoms with van der Waals surface area (Å²) in [6.07, 6.45) is 0.945. The molecule has 0 amide bonds. The van der Waals surface area contributed by atoms with Crippen molar-refractivity contribution in [3.05, 3.63) is 64.5 Å². The minimum absolute atomic E-state index is 0.335. The third kappa shape index (κ3) is 2.34. The molecule has 0 aliphatic carbocycles. The lowest BCUT2D eigenvalue weighted by molar-refractivity contribution is 0.483. The summed E-state index contributed by atoms with van der Waals surface area (Å²) in [7, 11) is 1.78. The van der Waals surface area contributed by atoms with Gasteiger partial charge in [-0.15, -0.1) is 11.3 Å². The molecule has 0 fully saturated rings. The van der Waals surface area contributed by atoms with Crippen LogP contribution in [0.25, 0.3) is 10.1 Å². The molecule has 21 heavy (non-hydrogen) atoms. The largest absolute Gasteiger partial charge is 0.506 e. The van der Waals surface area contributed by atoms with Gasteiger partial charge in [-0.2, -0.15) is 0 Å². The fraction of sp³-hybridized carbons (Fsp3) is 0.167. The highest BCUT2D eigenvalue weighted by atomic mass is 32.1. The number of fused-ring (bicyclic) bond motifs is 1. The molecule has 0 saturated carbocycles. The lowest BCUT2D eigenvalue weighted by Gasteiger charge is -2.09. The second kappa shape index (κ2) is 5.70. The number of nitrogens with zero attached hydrogens (tertiary/aromatic N) is 1. The number of aromatic hydroxyl groups is 1. The van der Waals surface area contributed by atoms with Crippen molar-refractivity contribution in [3.8, 4) is 5.75 Å². The summed E-state index contributed by atoms with van der Waals surface area (Å²) in [6, 6.07) is 16.2. The van der Waals surface area contributed by atoms with Crippen LogP contribution >= 0.6 is 11.3 Å². The summed E-state index contributed by atoms with van der Waals surface area (Å²) < 4.78 is 1.08. The van der Waals surface area contributed by atoms with Crippen LogP contribution in [-0.4, -0.2) is 17.9 Å². The van der Waals surface area contributed by atoms with Gasteiger partial charge in [-0.25, -0.2) is 0 Å². The number of hydrogen-bond acceptors (Lipinski definition) is 3. The average molecular weight is 295 g/mol. The van der Waals surface area contributed by atoms with E-state index >= 15 is 0 Å². The Morgan fingerprint density at radius 2 is 1.81 bits per heavy atom. The predicted molar refractivity (Wildman–Crippen MR) is 90.9 cm³/mol. The van der Waals surface area contributed by atoms with Crippen molar-refractivity contribution < 1.29 is 5.11 Å². The average Bonchev–Trinajstić information content (AvgIpc) is 2.86. The molecule has 2 aromatic carbocycles. The van der Waals surface area contributed by atoms with E-state index in [1.54, 1.807) is 18.4 Å². The molecule has 3 rings (SSSR count). The summed E-state index contributed by atoms with van der Waals surface area (Å²) in [6.45, 7) is 2.14. The van der Waals surface area contributed by atoms with E-state index in [9.17, 15) is 5.11 Å². The van der Waals surface area contributed by atoms with Crippen molar-refractivity contribution in [2.24, 2.45) is 4.99 Å². The SMILES string of the molecule is CCc1ccccc1C(=NC)c1sc2ccccc2c1O. The van der Waals surface area contributed by atoms with Gasteiger partial charge in [0.1, 0.15) is 5.75 Å². The molecule has 0 radical (unpaired) electrons. The predicted octanol–water partition coefficient (Wildman–Crippen LogP) is 4.64. The Morgan fingerprint density at radius 3 is 2.52 bits per heavy atom. The normalized spacial score (nSPS) is 12.0. The first kappa shape index (κ1) is 13.8. The zero-order valence-electron chi connectivity index (χ0n) is 12.1. The summed E-state index contributed by atoms with van der Waals surface area (Å²) in [5.41, 5.74) is 3.21. The zero-order chi connectivity index (χ0) is 14.8. The number of rotatable bonds is 3. The Labute approximate surface area is 128 Å². The van der Waals surface area contributed by atoms with Gasteiger partial charge >= 0.3 is 0 Å². The van der Waals surface area contributed by atoms with E-state index in [0.29, 0.717) is 5.75 Å². The Bertz CT molecular complexity index is 817. The van der Waals surface area contributed by atoms with E-state index in [4.69, 9.17) is 0 Å². The van der Waals surface area contributed by atoms with Crippen molar-refractivity contribution in [1.82, 2.24) is 0 Å². The third-order valence-corrected chi connectivity index (χ3v) is 4.83. The summed E-state index contributed by atoms with van der Waals surface area (Å²) in [4.78, 5) is 5.31. The maximum atomic E-state index is 10.5. The minimum atomic E-state index is 0.335. The van der Waals surface area contributed by atoms with Crippen LogP contribution in [0.2, 0.25) is 0 Å². The molecule has 0 unspecified atom stereocenters. The summed E-state index contributed by atoms with van der Waals surface area (Å²) in [5.74, 6) is 0.335. The Balaban J connectivity index is 2.22. The molecule has 1 N–H and O–H groups in total. The van der Waals surface area contributed by atoms with Gasteiger partial charge in [-0.05, 0) is 24.1 Å². The zero-order valence-corrected chi connectivity index (χ0v) is 12.9. The molecule has 0 saturated heterocycles. The van der Waals surface area contributed by atoms with Crippen LogP contribution in [0.3, 0.4) is 0 Å². The Kier molecular flexibility index (Phi) is 3.76. The molecule has 0 aliphatic heterocycles. The van der Waals surface area contributed by atoms with E-state index in [2.05, 4.69) is 24.0 Å². The first-order valence-electron chi connectivity index (χ1n) is 7.02. The molecule has 0 bridgehead atoms. The van der Waals surface area contributed by atoms with Crippen molar-refractivity contribution in [1.29, 1.82) is 0 Å². The topological polar surface area (TPSA) is 32.6 Å². The molecule has 1 aromatic heterocycles. The first-order valence-corrected chi connectivity index (χ1v) is 7.83. The van der Waals surface area contributed by atoms with E-state index in [1.807, 2.05) is 36.4 Å². The first-order chi connectivity index (χ1) is 10.3. The number of aryl methyl sites for hydroxylation is 1. The van der Waals surface area contributed by atoms with Crippen LogP contribution < -0.4 is 0 Å². The van der Waals surface area contributed by atoms with Crippen molar-refractivity contribution in [2.45, 2.75) is 13.3 Å². The molecular weight excluding hydrogens is 278 g/mol. The fourth-order valence-electron chi connectivity index (χ4n) is 2.60. The standard InChI is InChI=1S/C18H17NOS/c1-3-12-8-4-5-9-13(12)16(19-2)18-17(20)14-10-6-7-11-15(14)21-18/h4-11,20H,3H2,1-2H3. The van der Waals surface area contributed by atoms with Crippen LogP contribution in [0.4, 0.5) is 0 Å². The number of hydrogen-bond donors (Lipinski definition) is 1. The van der Waals surface area contributed by atoms with Gasteiger partial charge in [-0.3, -0.25) is 4.99 Å². The molecule has 3 heteroatoms. The van der Waals surface area contributed by atoms with Crippen LogP contribution in [0, 0.1) is 0 Å². The monoisotopic (exact) mass is 295 g/mol. The van der Waals surface area contributed by atoms with Gasteiger partial charge in [0.05, 0.1) is 10.6 Å². The van der Waals surface area contributed by atoms with Crippen molar-refractivity contribution in [2.75, 3.05) is 7.05 Å². The molecule has 2 nitrogen and oxygen atoms in total. The van der Waals surface area contributed by atoms with Gasteiger partial charge in [0.2, 0.25) is 0 Å². The fourth-order valence-corrected chi connectivity index (χ4v) is 3.74. The highest BCUT2D eigenvalue weighted by Gasteiger charge is 2.18. The maximum Gasteiger partial charge on any atom is 0.143 e. The van der Waals surface area contributed by atoms with E-state index in [0.717, 1.165) is 32.7 Å². The molecule has 1 heterocycles. The second-order valence-corrected chi connectivity index (χ2v) is 5.91. The van der Waals surface area contributed by atoms with Crippen LogP contribution in [0.15, 0.2) is 53.5 Å². The van der Waals surface area contributed by atoms with Gasteiger partial charge in [0.25, 0.3) is 0 Å². The molecule has 0 aliphatic rings. The number of benzene rings is 2. The van der Waals surface area contributed by atoms with Gasteiger partial charge < -0.3 is 5.11 Å². The minimum Gasteiger partial charge on any atom is -0.506 e. The summed E-state index contributed by atoms with van der Waals surface area (Å²) >= 11 is 1.59. The van der Waals surface area contributed by atoms with Crippen LogP contribution in [0.1, 0.15) is 22.9 Å². The highest BCUT2D eigenvalue weighted by Crippen LogP contribution is 2.38. The summed E-state index contributed by atoms with van der Waals surface area (Å²) in [5, 5.41) is 11.4. The smallest absolute Gasteiger partial charge is 0.143 e. The Morgan fingerprint density at radius 1 is 1.10 bits per heavy atom. The van der Waals surface area contributed by atoms with Crippen LogP contribution in [-0.2, 0) is 6.42 Å². The molecule has 3 aromatic rings. The van der Waals surface area contributed by atoms with Crippen molar-refractivity contribution >= 4 is 27.1 Å². The number of thiophene rings is 1. The van der Waals surface area contributed by atoms with E-state index in [-0.39, 0.29) is 0 Å². The van der Waals surface area contributed by atoms with Gasteiger partial charge in [-0.1, -0.05) is 43.3 Å². The molecule has 0 spiro atoms. The molecule has 0 atom stereocenters.